The Bertz CT molecular complexity index is 662. The molecule has 2 aromatic rings. The third-order valence-electron chi connectivity index (χ3n) is 2.67. The second-order valence-corrected chi connectivity index (χ2v) is 4.05. The Labute approximate surface area is 112 Å². The van der Waals surface area contributed by atoms with E-state index < -0.39 is 22.2 Å². The van der Waals surface area contributed by atoms with Crippen LogP contribution in [0, 0.1) is 21.7 Å². The molecule has 104 valence electrons. The van der Waals surface area contributed by atoms with Crippen molar-refractivity contribution in [2.75, 3.05) is 5.32 Å². The number of halogens is 2. The first-order valence-corrected chi connectivity index (χ1v) is 5.62. The van der Waals surface area contributed by atoms with E-state index >= 15 is 0 Å². The Kier molecular flexibility index (Phi) is 3.79. The molecule has 0 aliphatic rings. The van der Waals surface area contributed by atoms with Crippen LogP contribution in [0.1, 0.15) is 5.56 Å². The van der Waals surface area contributed by atoms with Gasteiger partial charge in [-0.2, -0.15) is 4.39 Å². The highest BCUT2D eigenvalue weighted by molar-refractivity contribution is 5.52. The summed E-state index contributed by atoms with van der Waals surface area (Å²) in [6.07, 6.45) is 0. The zero-order valence-corrected chi connectivity index (χ0v) is 10.1. The molecule has 2 aromatic carbocycles. The predicted molar refractivity (Wildman–Crippen MR) is 68.4 cm³/mol. The fourth-order valence-corrected chi connectivity index (χ4v) is 1.66. The SMILES string of the molecule is O=[N+]([O-])c1cc(NCc2cc(F)ccc2O)ccc1F. The lowest BCUT2D eigenvalue weighted by molar-refractivity contribution is -0.387. The van der Waals surface area contributed by atoms with Crippen molar-refractivity contribution in [3.05, 3.63) is 63.7 Å². The molecule has 20 heavy (non-hydrogen) atoms. The number of hydrogen-bond acceptors (Lipinski definition) is 4. The highest BCUT2D eigenvalue weighted by Gasteiger charge is 2.14. The largest absolute Gasteiger partial charge is 0.508 e. The highest BCUT2D eigenvalue weighted by atomic mass is 19.1. The van der Waals surface area contributed by atoms with Crippen LogP contribution in [0.4, 0.5) is 20.2 Å². The summed E-state index contributed by atoms with van der Waals surface area (Å²) in [6, 6.07) is 6.78. The first kappa shape index (κ1) is 13.7. The Balaban J connectivity index is 2.17. The van der Waals surface area contributed by atoms with Crippen LogP contribution in [0.2, 0.25) is 0 Å². The fourth-order valence-electron chi connectivity index (χ4n) is 1.66. The normalized spacial score (nSPS) is 10.3. The number of hydrogen-bond donors (Lipinski definition) is 2. The summed E-state index contributed by atoms with van der Waals surface area (Å²) in [5.41, 5.74) is -0.0720. The van der Waals surface area contributed by atoms with Crippen LogP contribution in [0.3, 0.4) is 0 Å². The van der Waals surface area contributed by atoms with E-state index in [2.05, 4.69) is 5.32 Å². The van der Waals surface area contributed by atoms with Gasteiger partial charge in [0.25, 0.3) is 0 Å². The number of phenols is 1. The van der Waals surface area contributed by atoms with Crippen molar-refractivity contribution in [1.82, 2.24) is 0 Å². The molecule has 2 N–H and O–H groups in total. The van der Waals surface area contributed by atoms with Crippen LogP contribution in [0.15, 0.2) is 36.4 Å². The number of aromatic hydroxyl groups is 1. The van der Waals surface area contributed by atoms with Crippen LogP contribution in [0.25, 0.3) is 0 Å². The standard InChI is InChI=1S/C13H10F2N2O3/c14-9-1-4-13(18)8(5-9)7-16-10-2-3-11(15)12(6-10)17(19)20/h1-6,16,18H,7H2. The summed E-state index contributed by atoms with van der Waals surface area (Å²) >= 11 is 0. The maximum absolute atomic E-state index is 13.1. The third kappa shape index (κ3) is 3.00. The molecule has 0 unspecified atom stereocenters. The molecule has 0 bridgehead atoms. The Morgan fingerprint density at radius 1 is 1.20 bits per heavy atom. The van der Waals surface area contributed by atoms with Crippen molar-refractivity contribution in [2.24, 2.45) is 0 Å². The van der Waals surface area contributed by atoms with E-state index in [0.29, 0.717) is 5.69 Å². The Hall–Kier alpha value is -2.70. The molecule has 0 saturated carbocycles. The van der Waals surface area contributed by atoms with Gasteiger partial charge in [0.1, 0.15) is 11.6 Å². The van der Waals surface area contributed by atoms with Crippen LogP contribution in [0.5, 0.6) is 5.75 Å². The number of rotatable bonds is 4. The molecule has 5 nitrogen and oxygen atoms in total. The van der Waals surface area contributed by atoms with Gasteiger partial charge in [-0.1, -0.05) is 0 Å². The molecule has 0 amide bonds. The summed E-state index contributed by atoms with van der Waals surface area (Å²) in [5.74, 6) is -1.55. The number of anilines is 1. The molecule has 7 heteroatoms. The lowest BCUT2D eigenvalue weighted by Crippen LogP contribution is -2.01. The summed E-state index contributed by atoms with van der Waals surface area (Å²) in [5, 5.41) is 22.9. The number of phenolic OH excluding ortho intramolecular Hbond substituents is 1. The lowest BCUT2D eigenvalue weighted by atomic mass is 10.2. The number of benzene rings is 2. The molecule has 0 saturated heterocycles. The highest BCUT2D eigenvalue weighted by Crippen LogP contribution is 2.23. The number of nitro groups is 1. The van der Waals surface area contributed by atoms with Crippen molar-refractivity contribution < 1.29 is 18.8 Å². The molecule has 0 spiro atoms. The number of nitrogens with zero attached hydrogens (tertiary/aromatic N) is 1. The van der Waals surface area contributed by atoms with E-state index in [9.17, 15) is 24.0 Å². The maximum Gasteiger partial charge on any atom is 0.306 e. The quantitative estimate of drug-likeness (QED) is 0.666. The van der Waals surface area contributed by atoms with Crippen LogP contribution >= 0.6 is 0 Å². The minimum atomic E-state index is -0.936. The molecule has 0 aliphatic heterocycles. The summed E-state index contributed by atoms with van der Waals surface area (Å²) in [7, 11) is 0. The van der Waals surface area contributed by atoms with Crippen molar-refractivity contribution in [1.29, 1.82) is 0 Å². The Morgan fingerprint density at radius 3 is 2.65 bits per heavy atom. The zero-order chi connectivity index (χ0) is 14.7. The minimum Gasteiger partial charge on any atom is -0.508 e. The van der Waals surface area contributed by atoms with E-state index in [4.69, 9.17) is 0 Å². The average molecular weight is 280 g/mol. The van der Waals surface area contributed by atoms with Crippen molar-refractivity contribution in [2.45, 2.75) is 6.54 Å². The summed E-state index contributed by atoms with van der Waals surface area (Å²) in [4.78, 5) is 9.76. The van der Waals surface area contributed by atoms with Gasteiger partial charge in [-0.25, -0.2) is 4.39 Å². The van der Waals surface area contributed by atoms with E-state index in [-0.39, 0.29) is 17.9 Å². The smallest absolute Gasteiger partial charge is 0.306 e. The van der Waals surface area contributed by atoms with Gasteiger partial charge in [0.15, 0.2) is 0 Å². The predicted octanol–water partition coefficient (Wildman–Crippen LogP) is 3.19. The summed E-state index contributed by atoms with van der Waals surface area (Å²) in [6.45, 7) is 0.0480. The maximum atomic E-state index is 13.1. The monoisotopic (exact) mass is 280 g/mol. The van der Waals surface area contributed by atoms with Crippen LogP contribution in [-0.4, -0.2) is 10.0 Å². The molecular weight excluding hydrogens is 270 g/mol. The number of nitro benzene ring substituents is 1. The molecule has 0 atom stereocenters. The molecule has 0 aromatic heterocycles. The van der Waals surface area contributed by atoms with E-state index in [1.807, 2.05) is 0 Å². The first-order chi connectivity index (χ1) is 9.47. The molecule has 0 fully saturated rings. The Morgan fingerprint density at radius 2 is 1.95 bits per heavy atom. The molecule has 0 radical (unpaired) electrons. The summed E-state index contributed by atoms with van der Waals surface area (Å²) < 4.78 is 26.2. The van der Waals surface area contributed by atoms with E-state index in [1.54, 1.807) is 0 Å². The zero-order valence-electron chi connectivity index (χ0n) is 10.1. The minimum absolute atomic E-state index is 0.0480. The van der Waals surface area contributed by atoms with Gasteiger partial charge in [0.05, 0.1) is 4.92 Å². The third-order valence-corrected chi connectivity index (χ3v) is 2.67. The lowest BCUT2D eigenvalue weighted by Gasteiger charge is -2.08. The molecular formula is C13H10F2N2O3. The molecule has 2 rings (SSSR count). The van der Waals surface area contributed by atoms with Crippen molar-refractivity contribution in [3.8, 4) is 5.75 Å². The second kappa shape index (κ2) is 5.52. The second-order valence-electron chi connectivity index (χ2n) is 4.05. The first-order valence-electron chi connectivity index (χ1n) is 5.62. The molecule has 0 heterocycles. The topological polar surface area (TPSA) is 75.4 Å². The van der Waals surface area contributed by atoms with Gasteiger partial charge >= 0.3 is 5.69 Å². The van der Waals surface area contributed by atoms with Crippen molar-refractivity contribution >= 4 is 11.4 Å². The van der Waals surface area contributed by atoms with E-state index in [1.165, 1.54) is 12.1 Å². The molecule has 0 aliphatic carbocycles. The van der Waals surface area contributed by atoms with E-state index in [0.717, 1.165) is 24.3 Å². The van der Waals surface area contributed by atoms with Crippen LogP contribution in [-0.2, 0) is 6.54 Å². The number of nitrogens with one attached hydrogen (secondary N) is 1. The van der Waals surface area contributed by atoms with Gasteiger partial charge in [0, 0.05) is 23.9 Å². The van der Waals surface area contributed by atoms with Gasteiger partial charge < -0.3 is 10.4 Å². The van der Waals surface area contributed by atoms with Gasteiger partial charge in [-0.05, 0) is 30.3 Å². The van der Waals surface area contributed by atoms with Gasteiger partial charge in [0.2, 0.25) is 5.82 Å². The van der Waals surface area contributed by atoms with Gasteiger partial charge in [-0.15, -0.1) is 0 Å². The van der Waals surface area contributed by atoms with Crippen molar-refractivity contribution in [3.63, 3.8) is 0 Å². The van der Waals surface area contributed by atoms with Crippen LogP contribution < -0.4 is 5.32 Å². The van der Waals surface area contributed by atoms with Gasteiger partial charge in [-0.3, -0.25) is 10.1 Å². The average Bonchev–Trinajstić information content (AvgIpc) is 2.41. The fraction of sp³-hybridized carbons (Fsp3) is 0.0769.